The third kappa shape index (κ3) is 5.97. The number of nitrogens with zero attached hydrogens (tertiary/aromatic N) is 1. The predicted molar refractivity (Wildman–Crippen MR) is 142 cm³/mol. The molecule has 3 nitrogen and oxygen atoms in total. The molecule has 1 aliphatic heterocycles. The van der Waals surface area contributed by atoms with Crippen LogP contribution in [0.2, 0.25) is 0 Å². The molecule has 0 bridgehead atoms. The second-order valence-corrected chi connectivity index (χ2v) is 9.46. The van der Waals surface area contributed by atoms with Crippen molar-refractivity contribution in [1.29, 1.82) is 0 Å². The highest BCUT2D eigenvalue weighted by molar-refractivity contribution is 5.99. The van der Waals surface area contributed by atoms with Gasteiger partial charge in [0.2, 0.25) is 0 Å². The first-order valence-corrected chi connectivity index (χ1v) is 12.6. The summed E-state index contributed by atoms with van der Waals surface area (Å²) < 4.78 is 0. The topological polar surface area (TPSA) is 43.7 Å². The van der Waals surface area contributed by atoms with Gasteiger partial charge in [-0.1, -0.05) is 72.8 Å². The summed E-state index contributed by atoms with van der Waals surface area (Å²) in [6, 6.07) is 18.6. The van der Waals surface area contributed by atoms with Crippen molar-refractivity contribution in [3.63, 3.8) is 0 Å². The number of hydrogen-bond donors (Lipinski definition) is 2. The lowest BCUT2D eigenvalue weighted by Crippen LogP contribution is -2.23. The van der Waals surface area contributed by atoms with E-state index in [-0.39, 0.29) is 12.4 Å². The predicted octanol–water partition coefficient (Wildman–Crippen LogP) is 6.62. The maximum Gasteiger partial charge on any atom is 0.116 e. The van der Waals surface area contributed by atoms with Gasteiger partial charge in [-0.3, -0.25) is 4.90 Å². The second kappa shape index (κ2) is 11.5. The number of aromatic hydroxyl groups is 1. The van der Waals surface area contributed by atoms with Gasteiger partial charge in [-0.15, -0.1) is 0 Å². The molecule has 2 N–H and O–H groups in total. The quantitative estimate of drug-likeness (QED) is 0.313. The van der Waals surface area contributed by atoms with E-state index in [1.54, 1.807) is 6.07 Å². The number of hydrogen-bond acceptors (Lipinski definition) is 3. The van der Waals surface area contributed by atoms with Gasteiger partial charge in [0.05, 0.1) is 0 Å². The van der Waals surface area contributed by atoms with Crippen molar-refractivity contribution in [2.75, 3.05) is 19.7 Å². The number of aliphatic hydroxyl groups excluding tert-OH is 1. The lowest BCUT2D eigenvalue weighted by molar-refractivity contribution is 0.290. The first-order chi connectivity index (χ1) is 16.6. The van der Waals surface area contributed by atoms with Gasteiger partial charge in [0.15, 0.2) is 0 Å². The van der Waals surface area contributed by atoms with Crippen LogP contribution < -0.4 is 0 Å². The van der Waals surface area contributed by atoms with Gasteiger partial charge in [-0.2, -0.15) is 0 Å². The molecule has 1 saturated heterocycles. The molecule has 3 heteroatoms. The Hall–Kier alpha value is -2.88. The first-order valence-electron chi connectivity index (χ1n) is 12.6. The van der Waals surface area contributed by atoms with E-state index in [0.29, 0.717) is 12.3 Å². The molecule has 2 aliphatic rings. The normalized spacial score (nSPS) is 20.1. The monoisotopic (exact) mass is 455 g/mol. The highest BCUT2D eigenvalue weighted by atomic mass is 16.3. The largest absolute Gasteiger partial charge is 0.508 e. The van der Waals surface area contributed by atoms with E-state index in [4.69, 9.17) is 0 Å². The van der Waals surface area contributed by atoms with E-state index in [9.17, 15) is 10.2 Å². The molecule has 1 heterocycles. The summed E-state index contributed by atoms with van der Waals surface area (Å²) in [5.74, 6) is 0.769. The molecule has 178 valence electrons. The Bertz CT molecular complexity index is 1080. The molecule has 1 saturated carbocycles. The molecule has 0 radical (unpaired) electrons. The van der Waals surface area contributed by atoms with Gasteiger partial charge in [-0.05, 0) is 91.5 Å². The van der Waals surface area contributed by atoms with Crippen LogP contribution in [0.4, 0.5) is 0 Å². The van der Waals surface area contributed by atoms with Crippen LogP contribution in [-0.4, -0.2) is 40.9 Å². The Labute approximate surface area is 204 Å². The zero-order valence-electron chi connectivity index (χ0n) is 20.3. The summed E-state index contributed by atoms with van der Waals surface area (Å²) in [7, 11) is 0. The summed E-state index contributed by atoms with van der Waals surface area (Å²) in [5.41, 5.74) is 6.66. The van der Waals surface area contributed by atoms with Gasteiger partial charge < -0.3 is 10.2 Å². The van der Waals surface area contributed by atoms with Crippen LogP contribution in [0.3, 0.4) is 0 Å². The third-order valence-electron chi connectivity index (χ3n) is 7.03. The van der Waals surface area contributed by atoms with Crippen LogP contribution in [0.1, 0.15) is 50.2 Å². The van der Waals surface area contributed by atoms with Gasteiger partial charge in [0, 0.05) is 19.2 Å². The SMILES string of the molecule is C=C(\C=C/C(=C\C)C(=C(/CCCO)c1ccccc1)/c1cccc(O)c1)C1CCN(C2CC2)C1. The van der Waals surface area contributed by atoms with Crippen molar-refractivity contribution in [3.8, 4) is 5.75 Å². The number of allylic oxidation sites excluding steroid dienone is 6. The number of aliphatic hydroxyl groups is 1. The number of benzene rings is 2. The van der Waals surface area contributed by atoms with E-state index in [1.807, 2.05) is 36.4 Å². The minimum atomic E-state index is 0.140. The highest BCUT2D eigenvalue weighted by Gasteiger charge is 2.34. The number of likely N-dealkylation sites (tertiary alicyclic amines) is 1. The van der Waals surface area contributed by atoms with E-state index in [1.165, 1.54) is 37.0 Å². The van der Waals surface area contributed by atoms with Crippen LogP contribution in [0.5, 0.6) is 5.75 Å². The average Bonchev–Trinajstić information content (AvgIpc) is 3.59. The molecule has 0 spiro atoms. The van der Waals surface area contributed by atoms with Crippen LogP contribution in [-0.2, 0) is 0 Å². The van der Waals surface area contributed by atoms with Crippen molar-refractivity contribution in [3.05, 3.63) is 102 Å². The maximum absolute atomic E-state index is 10.3. The van der Waals surface area contributed by atoms with E-state index in [0.717, 1.165) is 41.3 Å². The first kappa shape index (κ1) is 24.3. The van der Waals surface area contributed by atoms with Crippen molar-refractivity contribution < 1.29 is 10.2 Å². The summed E-state index contributed by atoms with van der Waals surface area (Å²) >= 11 is 0. The summed E-state index contributed by atoms with van der Waals surface area (Å²) in [6.07, 6.45) is 11.8. The summed E-state index contributed by atoms with van der Waals surface area (Å²) in [4.78, 5) is 2.63. The Balaban J connectivity index is 1.70. The van der Waals surface area contributed by atoms with E-state index in [2.05, 4.69) is 48.8 Å². The van der Waals surface area contributed by atoms with Gasteiger partial charge in [0.25, 0.3) is 0 Å². The molecular weight excluding hydrogens is 418 g/mol. The fourth-order valence-electron chi connectivity index (χ4n) is 5.00. The number of phenols is 1. The molecule has 1 aliphatic carbocycles. The van der Waals surface area contributed by atoms with Crippen molar-refractivity contribution in [1.82, 2.24) is 4.90 Å². The number of phenolic OH excluding ortho intramolecular Hbond substituents is 1. The molecule has 0 aromatic heterocycles. The molecule has 0 amide bonds. The molecule has 2 aromatic carbocycles. The maximum atomic E-state index is 10.3. The smallest absolute Gasteiger partial charge is 0.116 e. The highest BCUT2D eigenvalue weighted by Crippen LogP contribution is 2.38. The lowest BCUT2D eigenvalue weighted by atomic mass is 9.86. The second-order valence-electron chi connectivity index (χ2n) is 9.46. The minimum absolute atomic E-state index is 0.140. The van der Waals surface area contributed by atoms with Gasteiger partial charge in [0.1, 0.15) is 5.75 Å². The standard InChI is InChI=1S/C31H37NO2/c1-3-24(15-14-23(2)27-18-19-32(22-27)28-16-17-28)31(26-11-7-12-29(34)21-26)30(13-8-20-33)25-9-5-4-6-10-25/h3-7,9-12,14-15,21,27-28,33-34H,2,8,13,16-20,22H2,1H3/b15-14-,24-3+,31-30+. The fourth-order valence-corrected chi connectivity index (χ4v) is 5.00. The van der Waals surface area contributed by atoms with Crippen molar-refractivity contribution in [2.24, 2.45) is 5.92 Å². The van der Waals surface area contributed by atoms with Crippen LogP contribution in [0, 0.1) is 5.92 Å². The summed E-state index contributed by atoms with van der Waals surface area (Å²) in [6.45, 7) is 8.94. The average molecular weight is 456 g/mol. The molecule has 34 heavy (non-hydrogen) atoms. The Morgan fingerprint density at radius 3 is 2.47 bits per heavy atom. The van der Waals surface area contributed by atoms with E-state index < -0.39 is 0 Å². The zero-order chi connectivity index (χ0) is 23.9. The van der Waals surface area contributed by atoms with Crippen LogP contribution >= 0.6 is 0 Å². The third-order valence-corrected chi connectivity index (χ3v) is 7.03. The van der Waals surface area contributed by atoms with Gasteiger partial charge in [-0.25, -0.2) is 0 Å². The Morgan fingerprint density at radius 1 is 1.03 bits per heavy atom. The molecule has 1 atom stereocenters. The minimum Gasteiger partial charge on any atom is -0.508 e. The molecule has 2 fully saturated rings. The van der Waals surface area contributed by atoms with Crippen LogP contribution in [0.25, 0.3) is 11.1 Å². The molecular formula is C31H37NO2. The summed E-state index contributed by atoms with van der Waals surface area (Å²) in [5, 5.41) is 19.9. The Kier molecular flexibility index (Phi) is 8.21. The van der Waals surface area contributed by atoms with Gasteiger partial charge >= 0.3 is 0 Å². The molecule has 2 aromatic rings. The van der Waals surface area contributed by atoms with E-state index >= 15 is 0 Å². The van der Waals surface area contributed by atoms with Crippen LogP contribution in [0.15, 0.2) is 90.6 Å². The zero-order valence-corrected chi connectivity index (χ0v) is 20.3. The van der Waals surface area contributed by atoms with Crippen molar-refractivity contribution in [2.45, 2.75) is 45.1 Å². The fraction of sp³-hybridized carbons (Fsp3) is 0.355. The van der Waals surface area contributed by atoms with Crippen molar-refractivity contribution >= 4 is 11.1 Å². The Morgan fingerprint density at radius 2 is 1.79 bits per heavy atom. The lowest BCUT2D eigenvalue weighted by Gasteiger charge is -2.19. The molecule has 4 rings (SSSR count). The number of rotatable bonds is 10. The molecule has 1 unspecified atom stereocenters.